The van der Waals surface area contributed by atoms with Gasteiger partial charge < -0.3 is 15.5 Å². The van der Waals surface area contributed by atoms with Crippen molar-refractivity contribution in [3.63, 3.8) is 0 Å². The van der Waals surface area contributed by atoms with Crippen molar-refractivity contribution in [2.75, 3.05) is 19.7 Å². The zero-order valence-corrected chi connectivity index (χ0v) is 12.5. The van der Waals surface area contributed by atoms with Gasteiger partial charge in [0.05, 0.1) is 12.1 Å². The molecule has 1 amide bonds. The van der Waals surface area contributed by atoms with Crippen LogP contribution < -0.4 is 5.73 Å². The number of aromatic nitrogens is 1. The van der Waals surface area contributed by atoms with Crippen LogP contribution in [0.2, 0.25) is 0 Å². The molecule has 3 rings (SSSR count). The minimum atomic E-state index is -0.495. The number of amides is 1. The molecule has 0 saturated carbocycles. The number of hydrogen-bond donors (Lipinski definition) is 2. The maximum atomic E-state index is 11.3. The van der Waals surface area contributed by atoms with Crippen LogP contribution in [0.4, 0.5) is 0 Å². The molecule has 2 heterocycles. The van der Waals surface area contributed by atoms with E-state index >= 15 is 0 Å². The standard InChI is InChI=1S/C16H21N3O2/c1-10-11(2)18-15-12(4-3-5-13(10)15)8-19-6-7-21-14(9-19)16(17)20/h3-5,14,18H,6-9H2,1-2H3,(H2,17,20). The molecule has 1 atom stereocenters. The second-order valence-electron chi connectivity index (χ2n) is 5.71. The lowest BCUT2D eigenvalue weighted by atomic mass is 10.1. The average molecular weight is 287 g/mol. The van der Waals surface area contributed by atoms with Gasteiger partial charge in [-0.1, -0.05) is 18.2 Å². The highest BCUT2D eigenvalue weighted by Crippen LogP contribution is 2.25. The van der Waals surface area contributed by atoms with Crippen molar-refractivity contribution in [1.82, 2.24) is 9.88 Å². The van der Waals surface area contributed by atoms with E-state index in [0.717, 1.165) is 13.1 Å². The fourth-order valence-electron chi connectivity index (χ4n) is 2.93. The number of benzene rings is 1. The van der Waals surface area contributed by atoms with Crippen molar-refractivity contribution >= 4 is 16.8 Å². The quantitative estimate of drug-likeness (QED) is 0.898. The molecule has 5 nitrogen and oxygen atoms in total. The number of ether oxygens (including phenoxy) is 1. The lowest BCUT2D eigenvalue weighted by Crippen LogP contribution is -2.47. The molecule has 0 spiro atoms. The molecule has 1 aliphatic rings. The summed E-state index contributed by atoms with van der Waals surface area (Å²) in [5.41, 5.74) is 10.3. The van der Waals surface area contributed by atoms with E-state index in [-0.39, 0.29) is 5.91 Å². The molecule has 5 heteroatoms. The highest BCUT2D eigenvalue weighted by Gasteiger charge is 2.25. The molecular weight excluding hydrogens is 266 g/mol. The molecule has 1 aliphatic heterocycles. The predicted molar refractivity (Wildman–Crippen MR) is 82.0 cm³/mol. The van der Waals surface area contributed by atoms with E-state index in [1.807, 2.05) is 0 Å². The van der Waals surface area contributed by atoms with Gasteiger partial charge in [-0.3, -0.25) is 9.69 Å². The molecule has 0 aliphatic carbocycles. The number of nitrogens with one attached hydrogen (secondary N) is 1. The van der Waals surface area contributed by atoms with Crippen LogP contribution in [-0.2, 0) is 16.1 Å². The van der Waals surface area contributed by atoms with E-state index in [0.29, 0.717) is 13.2 Å². The topological polar surface area (TPSA) is 71.3 Å². The number of H-pyrrole nitrogens is 1. The van der Waals surface area contributed by atoms with E-state index in [9.17, 15) is 4.79 Å². The minimum Gasteiger partial charge on any atom is -0.367 e. The molecular formula is C16H21N3O2. The number of nitrogens with two attached hydrogens (primary N) is 1. The lowest BCUT2D eigenvalue weighted by molar-refractivity contribution is -0.135. The Labute approximate surface area is 124 Å². The molecule has 1 unspecified atom stereocenters. The fourth-order valence-corrected chi connectivity index (χ4v) is 2.93. The van der Waals surface area contributed by atoms with Crippen molar-refractivity contribution in [1.29, 1.82) is 0 Å². The third-order valence-electron chi connectivity index (χ3n) is 4.29. The van der Waals surface area contributed by atoms with Crippen molar-refractivity contribution in [3.05, 3.63) is 35.0 Å². The second kappa shape index (κ2) is 5.50. The molecule has 0 bridgehead atoms. The van der Waals surface area contributed by atoms with Gasteiger partial charge in [-0.2, -0.15) is 0 Å². The normalized spacial score (nSPS) is 20.0. The molecule has 0 radical (unpaired) electrons. The number of para-hydroxylation sites is 1. The van der Waals surface area contributed by atoms with Crippen LogP contribution in [0.1, 0.15) is 16.8 Å². The Morgan fingerprint density at radius 3 is 3.05 bits per heavy atom. The number of primary amides is 1. The van der Waals surface area contributed by atoms with Crippen LogP contribution in [0.5, 0.6) is 0 Å². The lowest BCUT2D eigenvalue weighted by Gasteiger charge is -2.31. The highest BCUT2D eigenvalue weighted by atomic mass is 16.5. The Morgan fingerprint density at radius 2 is 2.29 bits per heavy atom. The van der Waals surface area contributed by atoms with Gasteiger partial charge in [0.2, 0.25) is 5.91 Å². The number of rotatable bonds is 3. The zero-order chi connectivity index (χ0) is 15.0. The zero-order valence-electron chi connectivity index (χ0n) is 12.5. The van der Waals surface area contributed by atoms with E-state index in [1.165, 1.54) is 27.7 Å². The maximum absolute atomic E-state index is 11.3. The number of hydrogen-bond acceptors (Lipinski definition) is 3. The van der Waals surface area contributed by atoms with Gasteiger partial charge >= 0.3 is 0 Å². The fraction of sp³-hybridized carbons (Fsp3) is 0.438. The van der Waals surface area contributed by atoms with Crippen molar-refractivity contribution < 1.29 is 9.53 Å². The summed E-state index contributed by atoms with van der Waals surface area (Å²) in [6, 6.07) is 6.36. The number of aromatic amines is 1. The Kier molecular flexibility index (Phi) is 3.69. The molecule has 112 valence electrons. The van der Waals surface area contributed by atoms with Crippen molar-refractivity contribution in [2.24, 2.45) is 5.73 Å². The molecule has 1 aromatic heterocycles. The summed E-state index contributed by atoms with van der Waals surface area (Å²) in [7, 11) is 0. The first-order valence-corrected chi connectivity index (χ1v) is 7.26. The minimum absolute atomic E-state index is 0.385. The van der Waals surface area contributed by atoms with Gasteiger partial charge in [0.1, 0.15) is 6.10 Å². The van der Waals surface area contributed by atoms with E-state index in [1.54, 1.807) is 0 Å². The summed E-state index contributed by atoms with van der Waals surface area (Å²) in [5.74, 6) is -0.385. The average Bonchev–Trinajstić information content (AvgIpc) is 2.76. The summed E-state index contributed by atoms with van der Waals surface area (Å²) in [6.07, 6.45) is -0.495. The van der Waals surface area contributed by atoms with Gasteiger partial charge in [-0.05, 0) is 25.0 Å². The number of carbonyl (C=O) groups is 1. The van der Waals surface area contributed by atoms with Gasteiger partial charge in [0.25, 0.3) is 0 Å². The Balaban J connectivity index is 1.85. The monoisotopic (exact) mass is 287 g/mol. The first kappa shape index (κ1) is 14.1. The Hall–Kier alpha value is -1.85. The predicted octanol–water partition coefficient (Wildman–Crippen LogP) is 1.47. The third kappa shape index (κ3) is 2.66. The van der Waals surface area contributed by atoms with E-state index < -0.39 is 6.10 Å². The SMILES string of the molecule is Cc1[nH]c2c(CN3CCOC(C(N)=O)C3)cccc2c1C. The summed E-state index contributed by atoms with van der Waals surface area (Å²) in [6.45, 7) is 6.95. The molecule has 3 N–H and O–H groups in total. The van der Waals surface area contributed by atoms with Crippen LogP contribution in [-0.4, -0.2) is 41.6 Å². The molecule has 1 fully saturated rings. The van der Waals surface area contributed by atoms with Crippen molar-refractivity contribution in [2.45, 2.75) is 26.5 Å². The van der Waals surface area contributed by atoms with Crippen LogP contribution in [0.15, 0.2) is 18.2 Å². The third-order valence-corrected chi connectivity index (χ3v) is 4.29. The largest absolute Gasteiger partial charge is 0.367 e. The molecule has 21 heavy (non-hydrogen) atoms. The number of aryl methyl sites for hydroxylation is 2. The summed E-state index contributed by atoms with van der Waals surface area (Å²) in [4.78, 5) is 17.0. The van der Waals surface area contributed by atoms with Gasteiger partial charge in [0.15, 0.2) is 0 Å². The van der Waals surface area contributed by atoms with Crippen LogP contribution in [0.3, 0.4) is 0 Å². The highest BCUT2D eigenvalue weighted by molar-refractivity contribution is 5.87. The second-order valence-corrected chi connectivity index (χ2v) is 5.71. The molecule has 1 aromatic carbocycles. The van der Waals surface area contributed by atoms with Crippen molar-refractivity contribution in [3.8, 4) is 0 Å². The Bertz CT molecular complexity index is 677. The van der Waals surface area contributed by atoms with E-state index in [2.05, 4.69) is 41.9 Å². The summed E-state index contributed by atoms with van der Waals surface area (Å²) < 4.78 is 5.39. The molecule has 1 saturated heterocycles. The van der Waals surface area contributed by atoms with Crippen LogP contribution in [0, 0.1) is 13.8 Å². The van der Waals surface area contributed by atoms with Gasteiger partial charge in [0, 0.05) is 30.7 Å². The first-order chi connectivity index (χ1) is 10.1. The first-order valence-electron chi connectivity index (χ1n) is 7.26. The maximum Gasteiger partial charge on any atom is 0.247 e. The number of nitrogens with zero attached hydrogens (tertiary/aromatic N) is 1. The van der Waals surface area contributed by atoms with E-state index in [4.69, 9.17) is 10.5 Å². The summed E-state index contributed by atoms with van der Waals surface area (Å²) in [5, 5.41) is 1.27. The number of morpholine rings is 1. The van der Waals surface area contributed by atoms with Gasteiger partial charge in [-0.15, -0.1) is 0 Å². The smallest absolute Gasteiger partial charge is 0.247 e. The molecule has 2 aromatic rings. The van der Waals surface area contributed by atoms with Crippen LogP contribution in [0.25, 0.3) is 10.9 Å². The van der Waals surface area contributed by atoms with Crippen LogP contribution >= 0.6 is 0 Å². The number of carbonyl (C=O) groups excluding carboxylic acids is 1. The number of fused-ring (bicyclic) bond motifs is 1. The summed E-state index contributed by atoms with van der Waals surface area (Å²) >= 11 is 0. The Morgan fingerprint density at radius 1 is 1.48 bits per heavy atom. The van der Waals surface area contributed by atoms with Gasteiger partial charge in [-0.25, -0.2) is 0 Å².